The lowest BCUT2D eigenvalue weighted by Gasteiger charge is -2.28. The fourth-order valence-corrected chi connectivity index (χ4v) is 1.22. The maximum Gasteiger partial charge on any atom is 0.120 e. The number of hydrogen-bond acceptors (Lipinski definition) is 3. The number of ether oxygens (including phenoxy) is 1. The summed E-state index contributed by atoms with van der Waals surface area (Å²) in [6, 6.07) is 7.69. The molecule has 1 aromatic carbocycles. The minimum atomic E-state index is -0.705. The molecule has 0 aliphatic rings. The van der Waals surface area contributed by atoms with E-state index in [0.29, 0.717) is 6.54 Å². The van der Waals surface area contributed by atoms with E-state index in [-0.39, 0.29) is 5.92 Å². The quantitative estimate of drug-likeness (QED) is 0.806. The fraction of sp³-hybridized carbons (Fsp3) is 0.538. The Morgan fingerprint density at radius 2 is 2.12 bits per heavy atom. The van der Waals surface area contributed by atoms with Gasteiger partial charge in [0.25, 0.3) is 0 Å². The number of methoxy groups -OCH3 is 1. The second-order valence-corrected chi connectivity index (χ2v) is 4.60. The first-order chi connectivity index (χ1) is 7.45. The van der Waals surface area contributed by atoms with Gasteiger partial charge in [-0.2, -0.15) is 0 Å². The lowest BCUT2D eigenvalue weighted by molar-refractivity contribution is 0.0266. The Hall–Kier alpha value is -1.22. The number of aliphatic hydroxyl groups is 1. The van der Waals surface area contributed by atoms with Crippen LogP contribution in [0.4, 0.5) is 5.69 Å². The van der Waals surface area contributed by atoms with Crippen LogP contribution in [0.25, 0.3) is 0 Å². The summed E-state index contributed by atoms with van der Waals surface area (Å²) < 4.78 is 5.13. The second-order valence-electron chi connectivity index (χ2n) is 4.60. The molecule has 2 N–H and O–H groups in total. The third-order valence-electron chi connectivity index (χ3n) is 2.96. The van der Waals surface area contributed by atoms with Gasteiger partial charge in [-0.25, -0.2) is 0 Å². The lowest BCUT2D eigenvalue weighted by atomic mass is 9.92. The molecule has 0 amide bonds. The maximum atomic E-state index is 10.1. The van der Waals surface area contributed by atoms with E-state index in [1.54, 1.807) is 7.11 Å². The first-order valence-corrected chi connectivity index (χ1v) is 5.56. The Morgan fingerprint density at radius 1 is 1.44 bits per heavy atom. The molecule has 1 unspecified atom stereocenters. The van der Waals surface area contributed by atoms with Crippen LogP contribution in [0, 0.1) is 5.92 Å². The van der Waals surface area contributed by atoms with Crippen molar-refractivity contribution in [3.05, 3.63) is 24.3 Å². The van der Waals surface area contributed by atoms with Crippen LogP contribution in [0.15, 0.2) is 24.3 Å². The third kappa shape index (κ3) is 3.42. The molecule has 90 valence electrons. The molecule has 0 fully saturated rings. The molecule has 0 saturated carbocycles. The highest BCUT2D eigenvalue weighted by atomic mass is 16.5. The monoisotopic (exact) mass is 223 g/mol. The zero-order valence-corrected chi connectivity index (χ0v) is 10.4. The minimum absolute atomic E-state index is 0.214. The van der Waals surface area contributed by atoms with Gasteiger partial charge in [-0.3, -0.25) is 0 Å². The molecule has 0 aromatic heterocycles. The SMILES string of the molecule is COc1cccc(NCC(C)(O)C(C)C)c1. The number of anilines is 1. The van der Waals surface area contributed by atoms with Crippen molar-refractivity contribution in [3.63, 3.8) is 0 Å². The van der Waals surface area contributed by atoms with Crippen molar-refractivity contribution in [2.45, 2.75) is 26.4 Å². The van der Waals surface area contributed by atoms with Crippen LogP contribution in [-0.4, -0.2) is 24.4 Å². The van der Waals surface area contributed by atoms with Gasteiger partial charge in [0.05, 0.1) is 12.7 Å². The molecule has 0 radical (unpaired) electrons. The summed E-state index contributed by atoms with van der Waals surface area (Å²) in [5, 5.41) is 13.3. The molecule has 3 nitrogen and oxygen atoms in total. The number of benzene rings is 1. The van der Waals surface area contributed by atoms with Gasteiger partial charge in [0, 0.05) is 18.3 Å². The molecule has 3 heteroatoms. The average Bonchev–Trinajstić information content (AvgIpc) is 2.26. The van der Waals surface area contributed by atoms with Crippen LogP contribution < -0.4 is 10.1 Å². The second kappa shape index (κ2) is 5.21. The first-order valence-electron chi connectivity index (χ1n) is 5.56. The fourth-order valence-electron chi connectivity index (χ4n) is 1.22. The van der Waals surface area contributed by atoms with Crippen molar-refractivity contribution in [2.24, 2.45) is 5.92 Å². The zero-order chi connectivity index (χ0) is 12.2. The van der Waals surface area contributed by atoms with Gasteiger partial charge in [0.1, 0.15) is 5.75 Å². The van der Waals surface area contributed by atoms with Gasteiger partial charge >= 0.3 is 0 Å². The molecule has 0 spiro atoms. The predicted octanol–water partition coefficient (Wildman–Crippen LogP) is 2.51. The van der Waals surface area contributed by atoms with Gasteiger partial charge < -0.3 is 15.2 Å². The van der Waals surface area contributed by atoms with E-state index in [0.717, 1.165) is 11.4 Å². The summed E-state index contributed by atoms with van der Waals surface area (Å²) in [7, 11) is 1.64. The summed E-state index contributed by atoms with van der Waals surface area (Å²) in [4.78, 5) is 0. The van der Waals surface area contributed by atoms with Crippen LogP contribution in [0.1, 0.15) is 20.8 Å². The number of rotatable bonds is 5. The molecule has 1 aromatic rings. The van der Waals surface area contributed by atoms with Gasteiger partial charge in [0.15, 0.2) is 0 Å². The van der Waals surface area contributed by atoms with E-state index in [1.165, 1.54) is 0 Å². The molecule has 0 heterocycles. The van der Waals surface area contributed by atoms with Crippen molar-refractivity contribution in [3.8, 4) is 5.75 Å². The van der Waals surface area contributed by atoms with Gasteiger partial charge in [0.2, 0.25) is 0 Å². The van der Waals surface area contributed by atoms with Crippen LogP contribution in [0.5, 0.6) is 5.75 Å². The van der Waals surface area contributed by atoms with Gasteiger partial charge in [-0.1, -0.05) is 19.9 Å². The van der Waals surface area contributed by atoms with E-state index in [4.69, 9.17) is 4.74 Å². The summed E-state index contributed by atoms with van der Waals surface area (Å²) >= 11 is 0. The highest BCUT2D eigenvalue weighted by Gasteiger charge is 2.24. The molecular weight excluding hydrogens is 202 g/mol. The van der Waals surface area contributed by atoms with Crippen molar-refractivity contribution < 1.29 is 9.84 Å². The minimum Gasteiger partial charge on any atom is -0.497 e. The zero-order valence-electron chi connectivity index (χ0n) is 10.4. The van der Waals surface area contributed by atoms with Crippen molar-refractivity contribution in [1.82, 2.24) is 0 Å². The summed E-state index contributed by atoms with van der Waals surface area (Å²) in [5.74, 6) is 1.03. The van der Waals surface area contributed by atoms with Gasteiger partial charge in [-0.05, 0) is 25.0 Å². The van der Waals surface area contributed by atoms with Crippen LogP contribution >= 0.6 is 0 Å². The number of hydrogen-bond donors (Lipinski definition) is 2. The standard InChI is InChI=1S/C13H21NO2/c1-10(2)13(3,15)9-14-11-6-5-7-12(8-11)16-4/h5-8,10,14-15H,9H2,1-4H3. The molecule has 16 heavy (non-hydrogen) atoms. The highest BCUT2D eigenvalue weighted by Crippen LogP contribution is 2.20. The Kier molecular flexibility index (Phi) is 4.19. The van der Waals surface area contributed by atoms with Crippen LogP contribution in [0.2, 0.25) is 0 Å². The lowest BCUT2D eigenvalue weighted by Crippen LogP contribution is -2.38. The largest absolute Gasteiger partial charge is 0.497 e. The van der Waals surface area contributed by atoms with E-state index < -0.39 is 5.60 Å². The molecule has 1 rings (SSSR count). The van der Waals surface area contributed by atoms with Crippen molar-refractivity contribution in [2.75, 3.05) is 19.0 Å². The Balaban J connectivity index is 2.60. The average molecular weight is 223 g/mol. The third-order valence-corrected chi connectivity index (χ3v) is 2.96. The first kappa shape index (κ1) is 12.8. The normalized spacial score (nSPS) is 14.6. The summed E-state index contributed by atoms with van der Waals surface area (Å²) in [6.07, 6.45) is 0. The predicted molar refractivity (Wildman–Crippen MR) is 66.9 cm³/mol. The van der Waals surface area contributed by atoms with E-state index in [9.17, 15) is 5.11 Å². The molecule has 0 aliphatic carbocycles. The van der Waals surface area contributed by atoms with Crippen molar-refractivity contribution >= 4 is 5.69 Å². The molecule has 0 saturated heterocycles. The maximum absolute atomic E-state index is 10.1. The van der Waals surface area contributed by atoms with Crippen LogP contribution in [0.3, 0.4) is 0 Å². The van der Waals surface area contributed by atoms with Crippen LogP contribution in [-0.2, 0) is 0 Å². The highest BCUT2D eigenvalue weighted by molar-refractivity contribution is 5.48. The Morgan fingerprint density at radius 3 is 2.69 bits per heavy atom. The van der Waals surface area contributed by atoms with E-state index >= 15 is 0 Å². The van der Waals surface area contributed by atoms with E-state index in [1.807, 2.05) is 45.0 Å². The molecule has 0 aliphatic heterocycles. The molecule has 0 bridgehead atoms. The van der Waals surface area contributed by atoms with Gasteiger partial charge in [-0.15, -0.1) is 0 Å². The van der Waals surface area contributed by atoms with Crippen molar-refractivity contribution in [1.29, 1.82) is 0 Å². The topological polar surface area (TPSA) is 41.5 Å². The number of nitrogens with one attached hydrogen (secondary N) is 1. The molecular formula is C13H21NO2. The smallest absolute Gasteiger partial charge is 0.120 e. The molecule has 1 atom stereocenters. The van der Waals surface area contributed by atoms with E-state index in [2.05, 4.69) is 5.32 Å². The Bertz CT molecular complexity index is 334. The summed E-state index contributed by atoms with van der Waals surface area (Å²) in [5.41, 5.74) is 0.253. The summed E-state index contributed by atoms with van der Waals surface area (Å²) in [6.45, 7) is 6.38. The Labute approximate surface area is 97.4 Å².